The Labute approximate surface area is 216 Å². The highest BCUT2D eigenvalue weighted by Gasteiger charge is 2.16. The molecule has 38 heavy (non-hydrogen) atoms. The largest absolute Gasteiger partial charge is 0.457 e. The summed E-state index contributed by atoms with van der Waals surface area (Å²) in [5, 5.41) is 7.22. The lowest BCUT2D eigenvalue weighted by Crippen LogP contribution is -2.12. The quantitative estimate of drug-likeness (QED) is 0.270. The minimum atomic E-state index is -0.431. The Hall–Kier alpha value is -4.92. The van der Waals surface area contributed by atoms with Crippen molar-refractivity contribution in [3.63, 3.8) is 0 Å². The van der Waals surface area contributed by atoms with Gasteiger partial charge in [0, 0.05) is 16.8 Å². The first-order chi connectivity index (χ1) is 18.4. The van der Waals surface area contributed by atoms with Gasteiger partial charge in [0.15, 0.2) is 5.82 Å². The van der Waals surface area contributed by atoms with Crippen LogP contribution >= 0.6 is 0 Å². The molecule has 4 aromatic carbocycles. The molecule has 9 heteroatoms. The van der Waals surface area contributed by atoms with Crippen LogP contribution in [0.25, 0.3) is 17.1 Å². The molecular weight excluding hydrogens is 493 g/mol. The molecule has 1 amide bonds. The molecule has 0 unspecified atom stereocenters. The van der Waals surface area contributed by atoms with Crippen molar-refractivity contribution in [1.82, 2.24) is 14.8 Å². The van der Waals surface area contributed by atoms with Crippen LogP contribution in [-0.4, -0.2) is 20.7 Å². The Morgan fingerprint density at radius 2 is 1.66 bits per heavy atom. The monoisotopic (exact) mass is 514 g/mol. The Morgan fingerprint density at radius 1 is 0.895 bits per heavy atom. The maximum Gasteiger partial charge on any atom is 0.336 e. The second kappa shape index (κ2) is 10.6. The molecule has 0 spiro atoms. The Kier molecular flexibility index (Phi) is 6.90. The highest BCUT2D eigenvalue weighted by atomic mass is 19.1. The van der Waals surface area contributed by atoms with Crippen molar-refractivity contribution in [2.75, 3.05) is 5.32 Å². The lowest BCUT2D eigenvalue weighted by Gasteiger charge is -2.09. The van der Waals surface area contributed by atoms with Crippen molar-refractivity contribution in [3.05, 3.63) is 125 Å². The van der Waals surface area contributed by atoms with Gasteiger partial charge in [-0.3, -0.25) is 4.79 Å². The lowest BCUT2D eigenvalue weighted by atomic mass is 10.1. The number of rotatable bonds is 7. The first-order valence-corrected chi connectivity index (χ1v) is 11.6. The summed E-state index contributed by atoms with van der Waals surface area (Å²) < 4.78 is 47.9. The summed E-state index contributed by atoms with van der Waals surface area (Å²) >= 11 is 0. The average molecular weight is 515 g/mol. The van der Waals surface area contributed by atoms with E-state index in [-0.39, 0.29) is 30.2 Å². The Balaban J connectivity index is 1.40. The zero-order valence-corrected chi connectivity index (χ0v) is 20.2. The molecule has 0 saturated carbocycles. The fourth-order valence-electron chi connectivity index (χ4n) is 3.75. The van der Waals surface area contributed by atoms with Gasteiger partial charge in [-0.1, -0.05) is 24.3 Å². The Morgan fingerprint density at radius 3 is 2.37 bits per heavy atom. The van der Waals surface area contributed by atoms with Crippen molar-refractivity contribution < 1.29 is 22.7 Å². The third-order valence-corrected chi connectivity index (χ3v) is 5.74. The van der Waals surface area contributed by atoms with E-state index in [0.29, 0.717) is 33.9 Å². The van der Waals surface area contributed by atoms with E-state index >= 15 is 0 Å². The summed E-state index contributed by atoms with van der Waals surface area (Å²) in [7, 11) is 0. The molecule has 1 aromatic heterocycles. The number of hydrogen-bond acceptors (Lipinski definition) is 4. The van der Waals surface area contributed by atoms with Crippen LogP contribution < -0.4 is 10.1 Å². The number of ether oxygens (including phenoxy) is 1. The number of halogens is 3. The van der Waals surface area contributed by atoms with E-state index in [9.17, 15) is 18.0 Å². The molecule has 1 N–H and O–H groups in total. The number of anilines is 1. The smallest absolute Gasteiger partial charge is 0.336 e. The zero-order valence-electron chi connectivity index (χ0n) is 20.2. The molecule has 0 atom stereocenters. The molecule has 0 aliphatic rings. The third kappa shape index (κ3) is 5.57. The summed E-state index contributed by atoms with van der Waals surface area (Å²) in [6.45, 7) is 1.70. The van der Waals surface area contributed by atoms with Crippen LogP contribution in [0.5, 0.6) is 6.01 Å². The van der Waals surface area contributed by atoms with Gasteiger partial charge >= 0.3 is 6.01 Å². The van der Waals surface area contributed by atoms with E-state index < -0.39 is 5.82 Å². The molecule has 5 aromatic rings. The maximum absolute atomic E-state index is 14.0. The third-order valence-electron chi connectivity index (χ3n) is 5.74. The van der Waals surface area contributed by atoms with Crippen LogP contribution in [-0.2, 0) is 6.61 Å². The zero-order chi connectivity index (χ0) is 26.6. The van der Waals surface area contributed by atoms with Gasteiger partial charge < -0.3 is 10.1 Å². The average Bonchev–Trinajstić information content (AvgIpc) is 3.35. The maximum atomic E-state index is 14.0. The molecule has 190 valence electrons. The number of amides is 1. The fourth-order valence-corrected chi connectivity index (χ4v) is 3.75. The predicted octanol–water partition coefficient (Wildman–Crippen LogP) is 6.49. The van der Waals surface area contributed by atoms with Gasteiger partial charge in [-0.05, 0) is 84.8 Å². The van der Waals surface area contributed by atoms with E-state index in [1.807, 2.05) is 0 Å². The first kappa shape index (κ1) is 24.8. The first-order valence-electron chi connectivity index (χ1n) is 11.6. The number of carbonyl (C=O) groups excluding carboxylic acids is 1. The Bertz CT molecular complexity index is 1600. The second-order valence-corrected chi connectivity index (χ2v) is 8.52. The number of nitrogens with one attached hydrogen (secondary N) is 1. The van der Waals surface area contributed by atoms with E-state index in [0.717, 1.165) is 5.56 Å². The summed E-state index contributed by atoms with van der Waals surface area (Å²) in [5.74, 6) is -1.19. The number of hydrogen-bond donors (Lipinski definition) is 1. The molecule has 0 radical (unpaired) electrons. The molecule has 0 aliphatic carbocycles. The van der Waals surface area contributed by atoms with Crippen LogP contribution in [0.1, 0.15) is 21.5 Å². The number of aryl methyl sites for hydroxylation is 1. The van der Waals surface area contributed by atoms with Crippen molar-refractivity contribution in [3.8, 4) is 23.1 Å². The normalized spacial score (nSPS) is 10.8. The van der Waals surface area contributed by atoms with E-state index in [1.165, 1.54) is 47.1 Å². The summed E-state index contributed by atoms with van der Waals surface area (Å²) in [5.41, 5.74) is 3.02. The second-order valence-electron chi connectivity index (χ2n) is 8.52. The highest BCUT2D eigenvalue weighted by molar-refractivity contribution is 6.04. The predicted molar refractivity (Wildman–Crippen MR) is 137 cm³/mol. The topological polar surface area (TPSA) is 69.0 Å². The summed E-state index contributed by atoms with van der Waals surface area (Å²) in [4.78, 5) is 17.0. The van der Waals surface area contributed by atoms with Crippen molar-refractivity contribution in [1.29, 1.82) is 0 Å². The van der Waals surface area contributed by atoms with Gasteiger partial charge in [-0.25, -0.2) is 17.9 Å². The molecule has 0 fully saturated rings. The molecule has 1 heterocycles. The van der Waals surface area contributed by atoms with Gasteiger partial charge in [0.05, 0.1) is 5.69 Å². The van der Waals surface area contributed by atoms with Gasteiger partial charge in [-0.15, -0.1) is 5.10 Å². The van der Waals surface area contributed by atoms with Gasteiger partial charge in [0.1, 0.15) is 24.1 Å². The van der Waals surface area contributed by atoms with E-state index in [1.54, 1.807) is 55.5 Å². The molecule has 0 bridgehead atoms. The van der Waals surface area contributed by atoms with Gasteiger partial charge in [-0.2, -0.15) is 4.98 Å². The number of nitrogens with zero attached hydrogens (tertiary/aromatic N) is 3. The van der Waals surface area contributed by atoms with Crippen LogP contribution in [0.2, 0.25) is 0 Å². The number of carbonyl (C=O) groups is 1. The van der Waals surface area contributed by atoms with Crippen molar-refractivity contribution in [2.24, 2.45) is 0 Å². The SMILES string of the molecule is Cc1cc(C(=O)Nc2ccc(-n3nc(OCc4ccc(F)cc4)nc3-c3cccc(F)c3)cc2)ccc1F. The van der Waals surface area contributed by atoms with Crippen LogP contribution in [0.4, 0.5) is 18.9 Å². The van der Waals surface area contributed by atoms with Gasteiger partial charge in [0.2, 0.25) is 0 Å². The molecule has 0 aliphatic heterocycles. The molecule has 6 nitrogen and oxygen atoms in total. The van der Waals surface area contributed by atoms with Crippen molar-refractivity contribution in [2.45, 2.75) is 13.5 Å². The summed E-state index contributed by atoms with van der Waals surface area (Å²) in [6.07, 6.45) is 0. The number of benzene rings is 4. The van der Waals surface area contributed by atoms with Crippen molar-refractivity contribution >= 4 is 11.6 Å². The minimum absolute atomic E-state index is 0.0534. The summed E-state index contributed by atoms with van der Waals surface area (Å²) in [6, 6.07) is 22.8. The van der Waals surface area contributed by atoms with E-state index in [4.69, 9.17) is 4.74 Å². The van der Waals surface area contributed by atoms with Crippen LogP contribution in [0.3, 0.4) is 0 Å². The van der Waals surface area contributed by atoms with Gasteiger partial charge in [0.25, 0.3) is 5.91 Å². The lowest BCUT2D eigenvalue weighted by molar-refractivity contribution is 0.102. The fraction of sp³-hybridized carbons (Fsp3) is 0.0690. The van der Waals surface area contributed by atoms with E-state index in [2.05, 4.69) is 15.4 Å². The molecule has 0 saturated heterocycles. The standard InChI is InChI=1S/C29H21F3N4O2/c1-18-15-21(7-14-26(18)32)28(37)33-24-10-12-25(13-11-24)36-27(20-3-2-4-23(31)16-20)34-29(35-36)38-17-19-5-8-22(30)9-6-19/h2-16H,17H2,1H3,(H,33,37). The van der Waals surface area contributed by atoms with Crippen LogP contribution in [0, 0.1) is 24.4 Å². The molecular formula is C29H21F3N4O2. The molecule has 5 rings (SSSR count). The minimum Gasteiger partial charge on any atom is -0.457 e. The number of aromatic nitrogens is 3. The highest BCUT2D eigenvalue weighted by Crippen LogP contribution is 2.25. The van der Waals surface area contributed by atoms with Crippen LogP contribution in [0.15, 0.2) is 91.0 Å².